The Morgan fingerprint density at radius 1 is 1.07 bits per heavy atom. The third kappa shape index (κ3) is 12.6. The van der Waals surface area contributed by atoms with Crippen LogP contribution in [0, 0.1) is 5.92 Å². The number of carbonyl (C=O) groups excluding carboxylic acids is 1. The lowest BCUT2D eigenvalue weighted by Crippen LogP contribution is -2.31. The van der Waals surface area contributed by atoms with Gasteiger partial charge in [0.25, 0.3) is 0 Å². The first kappa shape index (κ1) is 35.9. The predicted molar refractivity (Wildman–Crippen MR) is 178 cm³/mol. The molecule has 0 saturated carbocycles. The van der Waals surface area contributed by atoms with Gasteiger partial charge in [-0.3, -0.25) is 4.79 Å². The molecule has 2 aromatic carbocycles. The van der Waals surface area contributed by atoms with Crippen LogP contribution in [0.1, 0.15) is 92.6 Å². The molecular formula is C34H51ClNO3P. The number of rotatable bonds is 13. The Morgan fingerprint density at radius 3 is 2.33 bits per heavy atom. The summed E-state index contributed by atoms with van der Waals surface area (Å²) >= 11 is 6.38. The van der Waals surface area contributed by atoms with Crippen LogP contribution >= 0.6 is 20.8 Å². The van der Waals surface area contributed by atoms with E-state index in [-0.39, 0.29) is 18.4 Å². The molecule has 0 aliphatic heterocycles. The number of amides is 1. The van der Waals surface area contributed by atoms with E-state index in [1.165, 1.54) is 19.3 Å². The van der Waals surface area contributed by atoms with E-state index in [2.05, 4.69) is 41.9 Å². The van der Waals surface area contributed by atoms with Crippen molar-refractivity contribution in [2.75, 3.05) is 13.2 Å². The zero-order valence-corrected chi connectivity index (χ0v) is 27.6. The molecule has 0 aliphatic carbocycles. The van der Waals surface area contributed by atoms with E-state index in [9.17, 15) is 4.79 Å². The van der Waals surface area contributed by atoms with Gasteiger partial charge < -0.3 is 15.2 Å². The molecule has 2 rings (SSSR count). The van der Waals surface area contributed by atoms with Crippen molar-refractivity contribution in [3.05, 3.63) is 63.0 Å². The zero-order valence-electron chi connectivity index (χ0n) is 25.7. The number of carbonyl (C=O) groups is 1. The Morgan fingerprint density at radius 2 is 1.75 bits per heavy atom. The van der Waals surface area contributed by atoms with Gasteiger partial charge in [-0.1, -0.05) is 76.4 Å². The normalized spacial score (nSPS) is 13.2. The van der Waals surface area contributed by atoms with Crippen molar-refractivity contribution in [3.8, 4) is 5.75 Å². The molecule has 40 heavy (non-hydrogen) atoms. The molecule has 2 N–H and O–H groups in total. The lowest BCUT2D eigenvalue weighted by molar-refractivity contribution is -0.120. The molecule has 1 unspecified atom stereocenters. The molecule has 4 nitrogen and oxygen atoms in total. The molecule has 0 spiro atoms. The fraction of sp³-hybridized carbons (Fsp3) is 0.500. The summed E-state index contributed by atoms with van der Waals surface area (Å²) in [5, 5.41) is 15.1. The van der Waals surface area contributed by atoms with E-state index in [4.69, 9.17) is 21.4 Å². The molecule has 0 bridgehead atoms. The van der Waals surface area contributed by atoms with Crippen LogP contribution in [-0.2, 0) is 4.79 Å². The Hall–Kier alpha value is -2.13. The minimum atomic E-state index is -0.0107. The van der Waals surface area contributed by atoms with Crippen molar-refractivity contribution in [1.29, 1.82) is 0 Å². The molecule has 0 saturated heterocycles. The largest absolute Gasteiger partial charge is 0.494 e. The fourth-order valence-corrected chi connectivity index (χ4v) is 4.51. The highest BCUT2D eigenvalue weighted by Crippen LogP contribution is 2.28. The van der Waals surface area contributed by atoms with Crippen molar-refractivity contribution in [1.82, 2.24) is 5.32 Å². The average Bonchev–Trinajstić information content (AvgIpc) is 2.92. The van der Waals surface area contributed by atoms with Gasteiger partial charge in [0.2, 0.25) is 5.91 Å². The molecule has 2 aromatic rings. The minimum Gasteiger partial charge on any atom is -0.494 e. The van der Waals surface area contributed by atoms with Crippen LogP contribution in [0.25, 0.3) is 17.7 Å². The summed E-state index contributed by atoms with van der Waals surface area (Å²) in [5.41, 5.74) is 3.99. The molecule has 1 amide bonds. The van der Waals surface area contributed by atoms with Crippen LogP contribution in [0.15, 0.2) is 42.0 Å². The third-order valence-corrected chi connectivity index (χ3v) is 7.75. The van der Waals surface area contributed by atoms with E-state index in [0.29, 0.717) is 24.2 Å². The Labute approximate surface area is 250 Å². The maximum Gasteiger partial charge on any atom is 0.224 e. The van der Waals surface area contributed by atoms with Crippen LogP contribution in [0.4, 0.5) is 0 Å². The Bertz CT molecular complexity index is 1220. The molecule has 222 valence electrons. The van der Waals surface area contributed by atoms with E-state index < -0.39 is 0 Å². The van der Waals surface area contributed by atoms with Gasteiger partial charge in [-0.25, -0.2) is 0 Å². The topological polar surface area (TPSA) is 58.6 Å². The lowest BCUT2D eigenvalue weighted by atomic mass is 9.92. The first-order valence-corrected chi connectivity index (χ1v) is 15.5. The average molecular weight is 588 g/mol. The summed E-state index contributed by atoms with van der Waals surface area (Å²) < 4.78 is 5.92. The molecule has 0 aliphatic rings. The Balaban J connectivity index is 0.000000869. The van der Waals surface area contributed by atoms with E-state index in [1.54, 1.807) is 0 Å². The molecule has 2 atom stereocenters. The summed E-state index contributed by atoms with van der Waals surface area (Å²) in [6, 6.07) is 12.0. The predicted octanol–water partition coefficient (Wildman–Crippen LogP) is 6.79. The summed E-state index contributed by atoms with van der Waals surface area (Å²) in [6.07, 6.45) is 6.03. The smallest absolute Gasteiger partial charge is 0.224 e. The van der Waals surface area contributed by atoms with Crippen molar-refractivity contribution in [2.45, 2.75) is 93.0 Å². The number of ether oxygens (including phenoxy) is 1. The standard InChI is InChI=1S/C27H35ClNO2P.C7H16O/c1-7-8-13-31-22-11-9-18(4)23(15-22)20(6)24(16-27(30)29-17(2)3)19(5)21-10-12-26(32)25(28)14-21;1-3-4-5-7(2)6-8/h9-12,14-15,17H,4,7-8,13,16,32H2,1-3,5-6H3,(H,29,30);7-8H,3-6H2,1-2H3/b23-20-,24-19+;/t;7-/m.0/s1. The number of hydrogen-bond acceptors (Lipinski definition) is 3. The maximum atomic E-state index is 12.8. The first-order chi connectivity index (χ1) is 18.9. The number of aliphatic hydroxyl groups is 1. The van der Waals surface area contributed by atoms with Gasteiger partial charge in [0.05, 0.1) is 13.0 Å². The van der Waals surface area contributed by atoms with Crippen LogP contribution in [-0.4, -0.2) is 30.3 Å². The molecule has 6 heteroatoms. The number of unbranched alkanes of at least 4 members (excludes halogenated alkanes) is 2. The fourth-order valence-electron chi connectivity index (χ4n) is 4.15. The monoisotopic (exact) mass is 587 g/mol. The highest BCUT2D eigenvalue weighted by atomic mass is 35.5. The lowest BCUT2D eigenvalue weighted by Gasteiger charge is -2.16. The number of halogens is 1. The van der Waals surface area contributed by atoms with Gasteiger partial charge in [-0.05, 0) is 103 Å². The van der Waals surface area contributed by atoms with Crippen LogP contribution < -0.4 is 25.8 Å². The van der Waals surface area contributed by atoms with Crippen LogP contribution in [0.2, 0.25) is 5.02 Å². The number of nitrogens with one attached hydrogen (secondary N) is 1. The molecular weight excluding hydrogens is 537 g/mol. The highest BCUT2D eigenvalue weighted by molar-refractivity contribution is 7.28. The molecule has 0 radical (unpaired) electrons. The summed E-state index contributed by atoms with van der Waals surface area (Å²) in [4.78, 5) is 12.8. The zero-order chi connectivity index (χ0) is 30.2. The van der Waals surface area contributed by atoms with Gasteiger partial charge in [0.15, 0.2) is 0 Å². The number of allylic oxidation sites excluding steroid dienone is 1. The second kappa shape index (κ2) is 19.1. The maximum absolute atomic E-state index is 12.8. The SMILES string of the molecule is C=c1ccc(OCCCC)c/c1=C(C)/C(CC(=O)NC(C)C)=C(\C)c1ccc(P)c(Cl)c1.CCCC[C@H](C)CO. The van der Waals surface area contributed by atoms with Gasteiger partial charge >= 0.3 is 0 Å². The van der Waals surface area contributed by atoms with Gasteiger partial charge in [-0.2, -0.15) is 0 Å². The second-order valence-corrected chi connectivity index (χ2v) is 11.8. The quantitative estimate of drug-likeness (QED) is 0.200. The van der Waals surface area contributed by atoms with Gasteiger partial charge in [-0.15, -0.1) is 9.24 Å². The molecule has 0 aromatic heterocycles. The molecule has 0 heterocycles. The van der Waals surface area contributed by atoms with Gasteiger partial charge in [0, 0.05) is 17.7 Å². The minimum absolute atomic E-state index is 0.0107. The van der Waals surface area contributed by atoms with Crippen molar-refractivity contribution >= 4 is 49.8 Å². The first-order valence-electron chi connectivity index (χ1n) is 14.5. The summed E-state index contributed by atoms with van der Waals surface area (Å²) in [5.74, 6) is 1.32. The highest BCUT2D eigenvalue weighted by Gasteiger charge is 2.15. The van der Waals surface area contributed by atoms with Crippen molar-refractivity contribution < 1.29 is 14.6 Å². The van der Waals surface area contributed by atoms with Gasteiger partial charge in [0.1, 0.15) is 5.75 Å². The van der Waals surface area contributed by atoms with E-state index in [1.807, 2.05) is 64.1 Å². The summed E-state index contributed by atoms with van der Waals surface area (Å²) in [6.45, 7) is 19.7. The van der Waals surface area contributed by atoms with Crippen molar-refractivity contribution in [2.24, 2.45) is 5.92 Å². The van der Waals surface area contributed by atoms with E-state index >= 15 is 0 Å². The number of benzene rings is 2. The number of hydrogen-bond donors (Lipinski definition) is 2. The Kier molecular flexibility index (Phi) is 17.1. The third-order valence-electron chi connectivity index (χ3n) is 6.74. The summed E-state index contributed by atoms with van der Waals surface area (Å²) in [7, 11) is 2.64. The van der Waals surface area contributed by atoms with E-state index in [0.717, 1.165) is 56.6 Å². The molecule has 0 fully saturated rings. The van der Waals surface area contributed by atoms with Crippen LogP contribution in [0.5, 0.6) is 5.75 Å². The number of aliphatic hydroxyl groups excluding tert-OH is 1. The van der Waals surface area contributed by atoms with Crippen molar-refractivity contribution in [3.63, 3.8) is 0 Å². The van der Waals surface area contributed by atoms with Crippen LogP contribution in [0.3, 0.4) is 0 Å². The second-order valence-electron chi connectivity index (χ2n) is 10.8.